The number of carbonyl (C=O) groups is 4. The molecule has 0 aromatic heterocycles. The summed E-state index contributed by atoms with van der Waals surface area (Å²) in [6.07, 6.45) is 0. The SMILES string of the molecule is CC(C)[C@H](C(=O)OCC(=O)Nc1ccc(Cl)c(Cl)c1)N1C(=O)[C@@H]2C3c4ccccc4C(c4ccccc43)[C@H]2C1=O. The summed E-state index contributed by atoms with van der Waals surface area (Å²) in [7, 11) is 0. The first-order valence-corrected chi connectivity index (χ1v) is 13.9. The average molecular weight is 577 g/mol. The van der Waals surface area contributed by atoms with E-state index < -0.39 is 42.3 Å². The van der Waals surface area contributed by atoms with E-state index in [0.29, 0.717) is 10.7 Å². The number of hydrogen-bond donors (Lipinski definition) is 1. The van der Waals surface area contributed by atoms with Crippen molar-refractivity contribution in [2.45, 2.75) is 31.7 Å². The second-order valence-corrected chi connectivity index (χ2v) is 11.6. The molecule has 0 radical (unpaired) electrons. The molecular weight excluding hydrogens is 551 g/mol. The molecule has 3 aromatic carbocycles. The van der Waals surface area contributed by atoms with Gasteiger partial charge in [-0.3, -0.25) is 19.3 Å². The van der Waals surface area contributed by atoms with Gasteiger partial charge in [-0.15, -0.1) is 0 Å². The average Bonchev–Trinajstić information content (AvgIpc) is 3.20. The lowest BCUT2D eigenvalue weighted by molar-refractivity contribution is -0.162. The zero-order valence-electron chi connectivity index (χ0n) is 21.8. The van der Waals surface area contributed by atoms with Crippen molar-refractivity contribution in [3.8, 4) is 0 Å². The number of imide groups is 1. The minimum absolute atomic E-state index is 0.266. The van der Waals surface area contributed by atoms with E-state index in [1.807, 2.05) is 48.5 Å². The maximum absolute atomic E-state index is 14.0. The third kappa shape index (κ3) is 4.11. The number of benzene rings is 3. The van der Waals surface area contributed by atoms with Crippen LogP contribution in [0.3, 0.4) is 0 Å². The first kappa shape index (κ1) is 26.5. The van der Waals surface area contributed by atoms with Crippen LogP contribution in [0.25, 0.3) is 0 Å². The van der Waals surface area contributed by atoms with Crippen molar-refractivity contribution in [1.29, 1.82) is 0 Å². The van der Waals surface area contributed by atoms with Crippen molar-refractivity contribution in [2.24, 2.45) is 17.8 Å². The number of hydrogen-bond acceptors (Lipinski definition) is 5. The molecule has 40 heavy (non-hydrogen) atoms. The zero-order valence-corrected chi connectivity index (χ0v) is 23.3. The summed E-state index contributed by atoms with van der Waals surface area (Å²) in [5, 5.41) is 3.20. The number of rotatable bonds is 6. The van der Waals surface area contributed by atoms with Gasteiger partial charge in [0.15, 0.2) is 6.61 Å². The molecule has 204 valence electrons. The van der Waals surface area contributed by atoms with Crippen molar-refractivity contribution in [2.75, 3.05) is 11.9 Å². The fraction of sp³-hybridized carbons (Fsp3) is 0.290. The van der Waals surface area contributed by atoms with Crippen LogP contribution in [0.4, 0.5) is 5.69 Å². The Labute approximate surface area is 241 Å². The third-order valence-electron chi connectivity index (χ3n) is 8.18. The number of ether oxygens (including phenoxy) is 1. The standard InChI is InChI=1S/C31H26Cl2N2O5/c1-15(2)28(31(39)40-14-23(36)34-16-11-12-21(32)22(33)13-16)35-29(37)26-24-17-7-3-4-8-18(17)25(27(26)30(35)38)20-10-6-5-9-19(20)24/h3-13,15,24-28H,14H2,1-2H3,(H,34,36)/t24?,25?,26-,27-,28-/m1/s1. The molecule has 1 fully saturated rings. The Morgan fingerprint density at radius 3 is 1.77 bits per heavy atom. The highest BCUT2D eigenvalue weighted by Gasteiger charge is 2.63. The molecule has 3 amide bonds. The fourth-order valence-electron chi connectivity index (χ4n) is 6.64. The molecule has 3 atom stereocenters. The zero-order chi connectivity index (χ0) is 28.3. The van der Waals surface area contributed by atoms with Crippen molar-refractivity contribution in [3.63, 3.8) is 0 Å². The first-order chi connectivity index (χ1) is 19.2. The van der Waals surface area contributed by atoms with Gasteiger partial charge in [-0.2, -0.15) is 0 Å². The van der Waals surface area contributed by atoms with E-state index in [2.05, 4.69) is 5.32 Å². The van der Waals surface area contributed by atoms with Crippen LogP contribution in [0.1, 0.15) is 47.9 Å². The predicted molar refractivity (Wildman–Crippen MR) is 150 cm³/mol. The molecule has 0 spiro atoms. The second-order valence-electron chi connectivity index (χ2n) is 10.8. The molecule has 7 nitrogen and oxygen atoms in total. The fourth-order valence-corrected chi connectivity index (χ4v) is 6.94. The molecule has 0 unspecified atom stereocenters. The molecule has 1 heterocycles. The van der Waals surface area contributed by atoms with Gasteiger partial charge in [-0.1, -0.05) is 85.6 Å². The minimum atomic E-state index is -1.16. The predicted octanol–water partition coefficient (Wildman–Crippen LogP) is 5.39. The van der Waals surface area contributed by atoms with Gasteiger partial charge < -0.3 is 10.1 Å². The maximum atomic E-state index is 14.0. The molecule has 1 aliphatic heterocycles. The van der Waals surface area contributed by atoms with Gasteiger partial charge in [0.05, 0.1) is 21.9 Å². The molecule has 4 aliphatic rings. The summed E-state index contributed by atoms with van der Waals surface area (Å²) >= 11 is 11.9. The van der Waals surface area contributed by atoms with E-state index in [-0.39, 0.29) is 28.7 Å². The largest absolute Gasteiger partial charge is 0.454 e. The Bertz CT molecular complexity index is 1460. The van der Waals surface area contributed by atoms with Crippen molar-refractivity contribution >= 4 is 52.6 Å². The number of esters is 1. The lowest BCUT2D eigenvalue weighted by Gasteiger charge is -2.45. The van der Waals surface area contributed by atoms with Gasteiger partial charge >= 0.3 is 5.97 Å². The monoisotopic (exact) mass is 576 g/mol. The van der Waals surface area contributed by atoms with Crippen molar-refractivity contribution in [1.82, 2.24) is 4.90 Å². The number of carbonyl (C=O) groups excluding carboxylic acids is 4. The van der Waals surface area contributed by atoms with Gasteiger partial charge in [0, 0.05) is 17.5 Å². The van der Waals surface area contributed by atoms with Gasteiger partial charge in [0.25, 0.3) is 5.91 Å². The van der Waals surface area contributed by atoms with Crippen LogP contribution < -0.4 is 5.32 Å². The molecule has 9 heteroatoms. The maximum Gasteiger partial charge on any atom is 0.330 e. The van der Waals surface area contributed by atoms with Gasteiger partial charge in [0.1, 0.15) is 6.04 Å². The van der Waals surface area contributed by atoms with Gasteiger partial charge in [0.2, 0.25) is 11.8 Å². The number of nitrogens with zero attached hydrogens (tertiary/aromatic N) is 1. The number of anilines is 1. The van der Waals surface area contributed by atoms with Crippen LogP contribution in [0.15, 0.2) is 66.7 Å². The molecular formula is C31H26Cl2N2O5. The summed E-state index contributed by atoms with van der Waals surface area (Å²) in [6, 6.07) is 19.3. The van der Waals surface area contributed by atoms with E-state index in [0.717, 1.165) is 27.2 Å². The molecule has 3 aliphatic carbocycles. The summed E-state index contributed by atoms with van der Waals surface area (Å²) < 4.78 is 5.35. The van der Waals surface area contributed by atoms with Crippen LogP contribution in [0.5, 0.6) is 0 Å². The van der Waals surface area contributed by atoms with Gasteiger partial charge in [-0.05, 0) is 46.4 Å². The quantitative estimate of drug-likeness (QED) is 0.313. The molecule has 0 saturated carbocycles. The van der Waals surface area contributed by atoms with Crippen LogP contribution >= 0.6 is 23.2 Å². The number of halogens is 2. The third-order valence-corrected chi connectivity index (χ3v) is 8.92. The van der Waals surface area contributed by atoms with Crippen molar-refractivity contribution in [3.05, 3.63) is 99.0 Å². The molecule has 1 saturated heterocycles. The molecule has 1 N–H and O–H groups in total. The van der Waals surface area contributed by atoms with E-state index in [1.54, 1.807) is 19.9 Å². The second kappa shape index (κ2) is 10.1. The Morgan fingerprint density at radius 2 is 1.32 bits per heavy atom. The van der Waals surface area contributed by atoms with E-state index in [9.17, 15) is 19.2 Å². The summed E-state index contributed by atoms with van der Waals surface area (Å²) in [5.74, 6) is -4.32. The number of amides is 3. The smallest absolute Gasteiger partial charge is 0.330 e. The minimum Gasteiger partial charge on any atom is -0.454 e. The Balaban J connectivity index is 1.25. The van der Waals surface area contributed by atoms with Crippen molar-refractivity contribution < 1.29 is 23.9 Å². The van der Waals surface area contributed by atoms with Crippen LogP contribution in [0.2, 0.25) is 10.0 Å². The highest BCUT2D eigenvalue weighted by Crippen LogP contribution is 2.61. The van der Waals surface area contributed by atoms with Crippen LogP contribution in [-0.2, 0) is 23.9 Å². The van der Waals surface area contributed by atoms with E-state index >= 15 is 0 Å². The summed E-state index contributed by atoms with van der Waals surface area (Å²) in [5.41, 5.74) is 4.60. The topological polar surface area (TPSA) is 92.8 Å². The van der Waals surface area contributed by atoms with Crippen LogP contribution in [-0.4, -0.2) is 41.2 Å². The van der Waals surface area contributed by atoms with E-state index in [1.165, 1.54) is 12.1 Å². The first-order valence-electron chi connectivity index (χ1n) is 13.1. The Hall–Kier alpha value is -3.68. The Morgan fingerprint density at radius 1 is 0.825 bits per heavy atom. The highest BCUT2D eigenvalue weighted by molar-refractivity contribution is 6.42. The number of likely N-dealkylation sites (tertiary alicyclic amines) is 1. The highest BCUT2D eigenvalue weighted by atomic mass is 35.5. The lowest BCUT2D eigenvalue weighted by atomic mass is 9.55. The Kier molecular flexibility index (Phi) is 6.67. The molecule has 2 bridgehead atoms. The van der Waals surface area contributed by atoms with Crippen LogP contribution in [0, 0.1) is 17.8 Å². The summed E-state index contributed by atoms with van der Waals surface area (Å²) in [4.78, 5) is 55.0. The molecule has 7 rings (SSSR count). The summed E-state index contributed by atoms with van der Waals surface area (Å²) in [6.45, 7) is 2.91. The normalized spacial score (nSPS) is 23.0. The molecule has 3 aromatic rings. The van der Waals surface area contributed by atoms with Gasteiger partial charge in [-0.25, -0.2) is 4.79 Å². The lowest BCUT2D eigenvalue weighted by Crippen LogP contribution is -2.49. The van der Waals surface area contributed by atoms with E-state index in [4.69, 9.17) is 27.9 Å². The number of nitrogens with one attached hydrogen (secondary N) is 1.